The molecule has 0 aliphatic heterocycles. The van der Waals surface area contributed by atoms with Crippen LogP contribution in [0.1, 0.15) is 21.6 Å². The van der Waals surface area contributed by atoms with Crippen LogP contribution in [0.3, 0.4) is 0 Å². The monoisotopic (exact) mass is 715 g/mol. The quantitative estimate of drug-likeness (QED) is 0.191. The average molecular weight is 716 g/mol. The van der Waals surface area contributed by atoms with Gasteiger partial charge in [0, 0.05) is 30.4 Å². The number of fused-ring (bicyclic) bond motifs is 4. The Labute approximate surface area is 288 Å². The summed E-state index contributed by atoms with van der Waals surface area (Å²) in [5.74, 6) is -1.07. The molecule has 0 saturated heterocycles. The zero-order chi connectivity index (χ0) is 32.6. The molecule has 5 heterocycles. The molecular formula is C37H24N8O2Rh. The van der Waals surface area contributed by atoms with Crippen LogP contribution in [0.15, 0.2) is 140 Å². The van der Waals surface area contributed by atoms with Crippen LogP contribution in [-0.4, -0.2) is 52.4 Å². The number of pyridine rings is 4. The van der Waals surface area contributed by atoms with Crippen molar-refractivity contribution in [1.82, 2.24) is 29.9 Å². The van der Waals surface area contributed by atoms with Crippen LogP contribution in [0.5, 0.6) is 0 Å². The van der Waals surface area contributed by atoms with Crippen molar-refractivity contribution in [2.24, 2.45) is 0 Å². The van der Waals surface area contributed by atoms with E-state index in [4.69, 9.17) is 5.11 Å². The van der Waals surface area contributed by atoms with Crippen LogP contribution in [-0.2, 0) is 19.5 Å². The van der Waals surface area contributed by atoms with Crippen molar-refractivity contribution in [3.8, 4) is 34.0 Å². The van der Waals surface area contributed by atoms with E-state index in [0.717, 1.165) is 22.8 Å². The molecule has 8 rings (SSSR count). The summed E-state index contributed by atoms with van der Waals surface area (Å²) in [6, 6.07) is 34.6. The van der Waals surface area contributed by atoms with Gasteiger partial charge in [-0.05, 0) is 72.3 Å². The van der Waals surface area contributed by atoms with E-state index < -0.39 is 5.97 Å². The topological polar surface area (TPSA) is 159 Å². The number of carboxylic acid groups (broad SMARTS) is 1. The Morgan fingerprint density at radius 1 is 0.500 bits per heavy atom. The fourth-order valence-electron chi connectivity index (χ4n) is 4.73. The van der Waals surface area contributed by atoms with Gasteiger partial charge >= 0.3 is 25.4 Å². The SMILES string of the molecule is [N-]=C1C(=[N-])c2nc3cc(C(=O)O)ccc3nc2-c2ccccc21.[Rh+2].c1ccc(-c2ccccn2)nc1.c1ccc(-c2ccccn2)nc1. The second-order valence-electron chi connectivity index (χ2n) is 10.0. The van der Waals surface area contributed by atoms with Crippen LogP contribution in [0.4, 0.5) is 0 Å². The average Bonchev–Trinajstić information content (AvgIpc) is 3.15. The Kier molecular flexibility index (Phi) is 10.6. The Bertz CT molecular complexity index is 2050. The molecule has 1 N–H and O–H groups in total. The number of nitrogens with zero attached hydrogens (tertiary/aromatic N) is 8. The third-order valence-corrected chi connectivity index (χ3v) is 6.98. The fourth-order valence-corrected chi connectivity index (χ4v) is 4.73. The first-order valence-corrected chi connectivity index (χ1v) is 14.4. The molecule has 11 heteroatoms. The number of aromatic nitrogens is 6. The number of benzene rings is 2. The summed E-state index contributed by atoms with van der Waals surface area (Å²) in [5.41, 5.74) is 5.68. The molecule has 0 spiro atoms. The third kappa shape index (κ3) is 7.44. The Morgan fingerprint density at radius 2 is 0.938 bits per heavy atom. The summed E-state index contributed by atoms with van der Waals surface area (Å²) in [5, 5.41) is 29.4. The molecule has 0 atom stereocenters. The Morgan fingerprint density at radius 3 is 1.38 bits per heavy atom. The minimum atomic E-state index is -1.07. The maximum atomic E-state index is 11.1. The van der Waals surface area contributed by atoms with Crippen molar-refractivity contribution in [1.29, 1.82) is 0 Å². The number of rotatable bonds is 3. The van der Waals surface area contributed by atoms with Crippen LogP contribution in [0.2, 0.25) is 0 Å². The van der Waals surface area contributed by atoms with Crippen molar-refractivity contribution in [2.45, 2.75) is 0 Å². The fraction of sp³-hybridized carbons (Fsp3) is 0. The van der Waals surface area contributed by atoms with E-state index in [1.165, 1.54) is 12.1 Å². The van der Waals surface area contributed by atoms with E-state index in [9.17, 15) is 15.6 Å². The zero-order valence-electron chi connectivity index (χ0n) is 25.0. The minimum Gasteiger partial charge on any atom is -0.804 e. The summed E-state index contributed by atoms with van der Waals surface area (Å²) in [6.45, 7) is 0. The van der Waals surface area contributed by atoms with Gasteiger partial charge in [0.05, 0.1) is 50.8 Å². The molecule has 1 aliphatic rings. The number of carbonyl (C=O) groups is 1. The predicted octanol–water partition coefficient (Wildman–Crippen LogP) is 7.01. The van der Waals surface area contributed by atoms with Gasteiger partial charge in [-0.15, -0.1) is 5.71 Å². The van der Waals surface area contributed by atoms with E-state index in [0.29, 0.717) is 27.9 Å². The number of carboxylic acids is 1. The first kappa shape index (κ1) is 33.2. The van der Waals surface area contributed by atoms with Crippen molar-refractivity contribution in [3.63, 3.8) is 0 Å². The molecule has 0 amide bonds. The minimum absolute atomic E-state index is 0. The van der Waals surface area contributed by atoms with E-state index >= 15 is 0 Å². The Hall–Kier alpha value is -6.19. The largest absolute Gasteiger partial charge is 2.00 e. The predicted molar refractivity (Wildman–Crippen MR) is 182 cm³/mol. The third-order valence-electron chi connectivity index (χ3n) is 6.98. The molecule has 0 unspecified atom stereocenters. The molecule has 1 aliphatic carbocycles. The molecule has 7 aromatic rings. The number of hydrogen-bond donors (Lipinski definition) is 1. The summed E-state index contributed by atoms with van der Waals surface area (Å²) >= 11 is 0. The standard InChI is InChI=1S/C17H8N4O2.2C10H8N2.Rh/c18-13-9-3-1-2-4-10(9)15-16(14(13)19)21-12-7-8(17(22)23)5-6-11(12)20-15;2*1-3-7-11-9(5-1)10-6-2-4-8-12-10;/h1-7H,(H,22,23);2*1-8H;/q-2;;;+2. The molecule has 0 fully saturated rings. The molecule has 5 aromatic heterocycles. The van der Waals surface area contributed by atoms with Gasteiger partial charge in [0.25, 0.3) is 0 Å². The summed E-state index contributed by atoms with van der Waals surface area (Å²) in [7, 11) is 0. The maximum Gasteiger partial charge on any atom is 2.00 e. The number of hydrogen-bond acceptors (Lipinski definition) is 7. The van der Waals surface area contributed by atoms with Crippen molar-refractivity contribution in [3.05, 3.63) is 168 Å². The summed E-state index contributed by atoms with van der Waals surface area (Å²) < 4.78 is 0. The van der Waals surface area contributed by atoms with Crippen LogP contribution in [0, 0.1) is 0 Å². The van der Waals surface area contributed by atoms with Crippen molar-refractivity contribution >= 4 is 28.4 Å². The molecule has 10 nitrogen and oxygen atoms in total. The molecule has 0 saturated carbocycles. The van der Waals surface area contributed by atoms with E-state index in [2.05, 4.69) is 29.9 Å². The molecule has 1 radical (unpaired) electrons. The van der Waals surface area contributed by atoms with Gasteiger partial charge in [-0.25, -0.2) is 14.8 Å². The molecule has 2 aromatic carbocycles. The molecule has 0 bridgehead atoms. The molecule has 233 valence electrons. The molecular weight excluding hydrogens is 691 g/mol. The molecule has 48 heavy (non-hydrogen) atoms. The summed E-state index contributed by atoms with van der Waals surface area (Å²) in [4.78, 5) is 36.6. The van der Waals surface area contributed by atoms with Crippen LogP contribution >= 0.6 is 0 Å². The Balaban J connectivity index is 0.000000153. The first-order valence-electron chi connectivity index (χ1n) is 14.4. The summed E-state index contributed by atoms with van der Waals surface area (Å²) in [6.07, 6.45) is 7.07. The normalized spacial score (nSPS) is 11.0. The van der Waals surface area contributed by atoms with Gasteiger partial charge in [-0.3, -0.25) is 19.9 Å². The zero-order valence-corrected chi connectivity index (χ0v) is 26.7. The van der Waals surface area contributed by atoms with Gasteiger partial charge in [0.15, 0.2) is 0 Å². The van der Waals surface area contributed by atoms with Crippen LogP contribution in [0.25, 0.3) is 55.9 Å². The van der Waals surface area contributed by atoms with Gasteiger partial charge in [0.2, 0.25) is 0 Å². The van der Waals surface area contributed by atoms with Gasteiger partial charge in [0.1, 0.15) is 0 Å². The maximum absolute atomic E-state index is 11.1. The first-order chi connectivity index (χ1) is 23.0. The second-order valence-corrected chi connectivity index (χ2v) is 10.0. The van der Waals surface area contributed by atoms with Crippen molar-refractivity contribution in [2.75, 3.05) is 0 Å². The van der Waals surface area contributed by atoms with Gasteiger partial charge in [-0.1, -0.05) is 48.5 Å². The van der Waals surface area contributed by atoms with Gasteiger partial charge in [-0.2, -0.15) is 5.71 Å². The number of aromatic carboxylic acids is 1. The second kappa shape index (κ2) is 15.4. The van der Waals surface area contributed by atoms with Crippen LogP contribution < -0.4 is 0 Å². The van der Waals surface area contributed by atoms with E-state index in [1.807, 2.05) is 72.8 Å². The van der Waals surface area contributed by atoms with E-state index in [-0.39, 0.29) is 42.2 Å². The van der Waals surface area contributed by atoms with Gasteiger partial charge < -0.3 is 15.9 Å². The van der Waals surface area contributed by atoms with E-state index in [1.54, 1.807) is 55.1 Å². The van der Waals surface area contributed by atoms with Crippen molar-refractivity contribution < 1.29 is 29.4 Å². The smallest absolute Gasteiger partial charge is 0.804 e.